The number of esters is 1. The fourth-order valence-corrected chi connectivity index (χ4v) is 2.45. The van der Waals surface area contributed by atoms with Crippen LogP contribution in [0.5, 0.6) is 0 Å². The quantitative estimate of drug-likeness (QED) is 0.481. The first-order valence-electron chi connectivity index (χ1n) is 5.16. The van der Waals surface area contributed by atoms with Crippen molar-refractivity contribution < 1.29 is 9.53 Å². The zero-order valence-electron chi connectivity index (χ0n) is 8.03. The number of allylic oxidation sites excluding steroid dienone is 2. The van der Waals surface area contributed by atoms with Gasteiger partial charge < -0.3 is 4.74 Å². The molecular weight excluding hydrogens is 164 g/mol. The Bertz CT molecular complexity index is 232. The van der Waals surface area contributed by atoms with Gasteiger partial charge in [0.15, 0.2) is 0 Å². The molecule has 1 saturated carbocycles. The highest BCUT2D eigenvalue weighted by Crippen LogP contribution is 2.40. The van der Waals surface area contributed by atoms with E-state index in [0.29, 0.717) is 18.4 Å². The molecule has 0 aromatic heterocycles. The number of rotatable bonds is 2. The van der Waals surface area contributed by atoms with Gasteiger partial charge in [-0.05, 0) is 38.0 Å². The molecule has 3 aliphatic carbocycles. The topological polar surface area (TPSA) is 26.3 Å². The van der Waals surface area contributed by atoms with Crippen molar-refractivity contribution in [1.29, 1.82) is 0 Å². The summed E-state index contributed by atoms with van der Waals surface area (Å²) in [5, 5.41) is 0. The molecule has 0 aromatic carbocycles. The second-order valence-corrected chi connectivity index (χ2v) is 3.98. The third-order valence-electron chi connectivity index (χ3n) is 3.16. The van der Waals surface area contributed by atoms with Gasteiger partial charge in [-0.25, -0.2) is 0 Å². The van der Waals surface area contributed by atoms with E-state index in [0.717, 1.165) is 6.42 Å². The van der Waals surface area contributed by atoms with Gasteiger partial charge in [0.25, 0.3) is 0 Å². The average molecular weight is 180 g/mol. The summed E-state index contributed by atoms with van der Waals surface area (Å²) in [7, 11) is 0. The fraction of sp³-hybridized carbons (Fsp3) is 0.727. The van der Waals surface area contributed by atoms with Crippen molar-refractivity contribution in [3.8, 4) is 0 Å². The lowest BCUT2D eigenvalue weighted by atomic mass is 9.69. The first-order chi connectivity index (χ1) is 6.31. The third-order valence-corrected chi connectivity index (χ3v) is 3.16. The summed E-state index contributed by atoms with van der Waals surface area (Å²) in [6.45, 7) is 2.38. The standard InChI is InChI=1S/C11H16O2/c1-2-13-11(12)10-7-8-3-5-9(10)6-4-8/h3,5,8-10H,2,4,6-7H2,1H3/t8-,9-,10-/m0/s1. The molecule has 2 nitrogen and oxygen atoms in total. The Labute approximate surface area is 79.0 Å². The molecule has 0 heterocycles. The van der Waals surface area contributed by atoms with Crippen molar-refractivity contribution in [2.24, 2.45) is 17.8 Å². The lowest BCUT2D eigenvalue weighted by Gasteiger charge is -2.36. The van der Waals surface area contributed by atoms with Crippen molar-refractivity contribution in [2.75, 3.05) is 6.61 Å². The predicted molar refractivity (Wildman–Crippen MR) is 50.1 cm³/mol. The summed E-state index contributed by atoms with van der Waals surface area (Å²) in [6.07, 6.45) is 7.92. The molecule has 0 spiro atoms. The number of carbonyl (C=O) groups excluding carboxylic acids is 1. The SMILES string of the molecule is CCOC(=O)[C@H]1C[C@H]2C=C[C@H]1CC2. The van der Waals surface area contributed by atoms with Gasteiger partial charge in [0.1, 0.15) is 0 Å². The van der Waals surface area contributed by atoms with Crippen LogP contribution in [0.2, 0.25) is 0 Å². The van der Waals surface area contributed by atoms with Crippen molar-refractivity contribution in [2.45, 2.75) is 26.2 Å². The molecule has 0 saturated heterocycles. The molecule has 0 aliphatic heterocycles. The second kappa shape index (κ2) is 3.52. The minimum Gasteiger partial charge on any atom is -0.466 e. The van der Waals surface area contributed by atoms with Crippen molar-refractivity contribution >= 4 is 5.97 Å². The zero-order chi connectivity index (χ0) is 9.26. The molecule has 13 heavy (non-hydrogen) atoms. The Morgan fingerprint density at radius 3 is 2.77 bits per heavy atom. The van der Waals surface area contributed by atoms with Crippen LogP contribution in [0.1, 0.15) is 26.2 Å². The minimum atomic E-state index is 0.0153. The first-order valence-corrected chi connectivity index (χ1v) is 5.16. The van der Waals surface area contributed by atoms with Crippen LogP contribution in [-0.4, -0.2) is 12.6 Å². The number of ether oxygens (including phenoxy) is 1. The van der Waals surface area contributed by atoms with Crippen LogP contribution >= 0.6 is 0 Å². The summed E-state index contributed by atoms with van der Waals surface area (Å²) in [5.41, 5.74) is 0. The number of fused-ring (bicyclic) bond motifs is 2. The highest BCUT2D eigenvalue weighted by atomic mass is 16.5. The molecule has 0 N–H and O–H groups in total. The molecule has 3 atom stereocenters. The fourth-order valence-electron chi connectivity index (χ4n) is 2.45. The van der Waals surface area contributed by atoms with Crippen LogP contribution in [-0.2, 0) is 9.53 Å². The lowest BCUT2D eigenvalue weighted by molar-refractivity contribution is -0.151. The van der Waals surface area contributed by atoms with Gasteiger partial charge >= 0.3 is 5.97 Å². The van der Waals surface area contributed by atoms with Gasteiger partial charge in [-0.1, -0.05) is 12.2 Å². The monoisotopic (exact) mass is 180 g/mol. The summed E-state index contributed by atoms with van der Waals surface area (Å²) in [4.78, 5) is 11.5. The van der Waals surface area contributed by atoms with Crippen molar-refractivity contribution in [3.05, 3.63) is 12.2 Å². The van der Waals surface area contributed by atoms with Crippen LogP contribution in [0, 0.1) is 17.8 Å². The summed E-state index contributed by atoms with van der Waals surface area (Å²) < 4.78 is 5.06. The highest BCUT2D eigenvalue weighted by Gasteiger charge is 2.36. The van der Waals surface area contributed by atoms with Gasteiger partial charge in [-0.15, -0.1) is 0 Å². The molecule has 0 unspecified atom stereocenters. The van der Waals surface area contributed by atoms with E-state index < -0.39 is 0 Å². The van der Waals surface area contributed by atoms with Crippen LogP contribution in [0.3, 0.4) is 0 Å². The van der Waals surface area contributed by atoms with E-state index in [-0.39, 0.29) is 11.9 Å². The van der Waals surface area contributed by atoms with Crippen LogP contribution in [0.25, 0.3) is 0 Å². The zero-order valence-corrected chi connectivity index (χ0v) is 8.03. The van der Waals surface area contributed by atoms with E-state index in [1.165, 1.54) is 12.8 Å². The molecule has 3 aliphatic rings. The lowest BCUT2D eigenvalue weighted by Crippen LogP contribution is -2.33. The largest absolute Gasteiger partial charge is 0.466 e. The smallest absolute Gasteiger partial charge is 0.309 e. The van der Waals surface area contributed by atoms with Crippen molar-refractivity contribution in [3.63, 3.8) is 0 Å². The van der Waals surface area contributed by atoms with E-state index in [1.807, 2.05) is 6.92 Å². The Hall–Kier alpha value is -0.790. The Morgan fingerprint density at radius 1 is 1.46 bits per heavy atom. The maximum absolute atomic E-state index is 11.5. The molecule has 1 fully saturated rings. The number of hydrogen-bond acceptors (Lipinski definition) is 2. The Balaban J connectivity index is 2.02. The number of hydrogen-bond donors (Lipinski definition) is 0. The summed E-state index contributed by atoms with van der Waals surface area (Å²) in [5.74, 6) is 1.27. The van der Waals surface area contributed by atoms with Crippen molar-refractivity contribution in [1.82, 2.24) is 0 Å². The average Bonchev–Trinajstić information content (AvgIpc) is 2.20. The normalized spacial score (nSPS) is 36.2. The van der Waals surface area contributed by atoms with Crippen LogP contribution in [0.4, 0.5) is 0 Å². The summed E-state index contributed by atoms with van der Waals surface area (Å²) >= 11 is 0. The van der Waals surface area contributed by atoms with Crippen LogP contribution in [0.15, 0.2) is 12.2 Å². The molecule has 0 aromatic rings. The molecule has 0 radical (unpaired) electrons. The van der Waals surface area contributed by atoms with E-state index in [4.69, 9.17) is 4.74 Å². The van der Waals surface area contributed by atoms with E-state index in [2.05, 4.69) is 12.2 Å². The van der Waals surface area contributed by atoms with E-state index in [9.17, 15) is 4.79 Å². The minimum absolute atomic E-state index is 0.0153. The maximum Gasteiger partial charge on any atom is 0.309 e. The third kappa shape index (κ3) is 1.62. The van der Waals surface area contributed by atoms with Gasteiger partial charge in [0, 0.05) is 0 Å². The highest BCUT2D eigenvalue weighted by molar-refractivity contribution is 5.73. The van der Waals surface area contributed by atoms with Gasteiger partial charge in [0.05, 0.1) is 12.5 Å². The number of carbonyl (C=O) groups is 1. The predicted octanol–water partition coefficient (Wildman–Crippen LogP) is 2.15. The van der Waals surface area contributed by atoms with E-state index in [1.54, 1.807) is 0 Å². The van der Waals surface area contributed by atoms with Gasteiger partial charge in [-0.2, -0.15) is 0 Å². The molecule has 0 amide bonds. The Kier molecular flexibility index (Phi) is 2.38. The van der Waals surface area contributed by atoms with Crippen LogP contribution < -0.4 is 0 Å². The van der Waals surface area contributed by atoms with E-state index >= 15 is 0 Å². The summed E-state index contributed by atoms with van der Waals surface area (Å²) in [6, 6.07) is 0. The molecule has 3 rings (SSSR count). The van der Waals surface area contributed by atoms with Gasteiger partial charge in [-0.3, -0.25) is 4.79 Å². The van der Waals surface area contributed by atoms with Gasteiger partial charge in [0.2, 0.25) is 0 Å². The second-order valence-electron chi connectivity index (χ2n) is 3.98. The first kappa shape index (κ1) is 8.79. The maximum atomic E-state index is 11.5. The molecule has 2 bridgehead atoms. The molecular formula is C11H16O2. The molecule has 2 heteroatoms. The molecule has 72 valence electrons. The Morgan fingerprint density at radius 2 is 2.31 bits per heavy atom.